The molecule has 0 aliphatic carbocycles. The Kier molecular flexibility index (Phi) is 3.00. The average Bonchev–Trinajstić information content (AvgIpc) is 2.48. The second-order valence-electron chi connectivity index (χ2n) is 3.69. The summed E-state index contributed by atoms with van der Waals surface area (Å²) in [5.41, 5.74) is 1.93. The van der Waals surface area contributed by atoms with Gasteiger partial charge in [0.15, 0.2) is 5.65 Å². The summed E-state index contributed by atoms with van der Waals surface area (Å²) < 4.78 is 2.96. The SMILES string of the molecule is CN(C)Cc1cnc2c(Cl)cc(Br)cn12. The molecule has 0 amide bonds. The van der Waals surface area contributed by atoms with Crippen LogP contribution in [0.15, 0.2) is 22.9 Å². The number of aromatic nitrogens is 2. The normalized spacial score (nSPS) is 11.5. The molecule has 0 saturated heterocycles. The molecule has 0 bridgehead atoms. The lowest BCUT2D eigenvalue weighted by atomic mass is 10.4. The van der Waals surface area contributed by atoms with Crippen LogP contribution in [0.3, 0.4) is 0 Å². The van der Waals surface area contributed by atoms with Gasteiger partial charge in [-0.15, -0.1) is 0 Å². The molecule has 15 heavy (non-hydrogen) atoms. The maximum Gasteiger partial charge on any atom is 0.155 e. The van der Waals surface area contributed by atoms with Crippen LogP contribution in [0.5, 0.6) is 0 Å². The van der Waals surface area contributed by atoms with Crippen molar-refractivity contribution in [3.63, 3.8) is 0 Å². The summed E-state index contributed by atoms with van der Waals surface area (Å²) in [7, 11) is 4.05. The van der Waals surface area contributed by atoms with Crippen LogP contribution in [-0.2, 0) is 6.54 Å². The first-order valence-corrected chi connectivity index (χ1v) is 5.71. The Balaban J connectivity index is 2.58. The van der Waals surface area contributed by atoms with Crippen molar-refractivity contribution in [1.82, 2.24) is 14.3 Å². The van der Waals surface area contributed by atoms with Gasteiger partial charge >= 0.3 is 0 Å². The molecular weight excluding hydrogens is 277 g/mol. The van der Waals surface area contributed by atoms with E-state index in [9.17, 15) is 0 Å². The summed E-state index contributed by atoms with van der Waals surface area (Å²) >= 11 is 9.51. The third-order valence-corrected chi connectivity index (χ3v) is 2.79. The van der Waals surface area contributed by atoms with Crippen molar-refractivity contribution in [2.75, 3.05) is 14.1 Å². The highest BCUT2D eigenvalue weighted by atomic mass is 79.9. The molecule has 0 aromatic carbocycles. The van der Waals surface area contributed by atoms with E-state index in [-0.39, 0.29) is 0 Å². The van der Waals surface area contributed by atoms with Crippen LogP contribution in [-0.4, -0.2) is 28.4 Å². The molecule has 0 atom stereocenters. The van der Waals surface area contributed by atoms with Crippen LogP contribution in [0.4, 0.5) is 0 Å². The lowest BCUT2D eigenvalue weighted by Crippen LogP contribution is -2.12. The molecule has 2 heterocycles. The van der Waals surface area contributed by atoms with E-state index in [4.69, 9.17) is 11.6 Å². The van der Waals surface area contributed by atoms with Gasteiger partial charge in [-0.3, -0.25) is 0 Å². The maximum atomic E-state index is 6.09. The summed E-state index contributed by atoms with van der Waals surface area (Å²) in [6.45, 7) is 0.841. The molecule has 0 spiro atoms. The Morgan fingerprint density at radius 2 is 2.27 bits per heavy atom. The molecular formula is C10H11BrClN3. The van der Waals surface area contributed by atoms with Gasteiger partial charge in [0, 0.05) is 17.2 Å². The number of halogens is 2. The van der Waals surface area contributed by atoms with Gasteiger partial charge in [0.1, 0.15) is 0 Å². The van der Waals surface area contributed by atoms with E-state index in [1.807, 2.05) is 37.0 Å². The second-order valence-corrected chi connectivity index (χ2v) is 5.01. The van der Waals surface area contributed by atoms with Gasteiger partial charge < -0.3 is 9.30 Å². The highest BCUT2D eigenvalue weighted by Crippen LogP contribution is 2.22. The first-order valence-electron chi connectivity index (χ1n) is 4.53. The number of rotatable bonds is 2. The van der Waals surface area contributed by atoms with Crippen LogP contribution in [0.1, 0.15) is 5.69 Å². The summed E-state index contributed by atoms with van der Waals surface area (Å²) in [5, 5.41) is 0.661. The minimum Gasteiger partial charge on any atom is -0.304 e. The van der Waals surface area contributed by atoms with E-state index < -0.39 is 0 Å². The molecule has 0 aliphatic rings. The minimum absolute atomic E-state index is 0.661. The minimum atomic E-state index is 0.661. The number of hydrogen-bond acceptors (Lipinski definition) is 2. The van der Waals surface area contributed by atoms with Crippen molar-refractivity contribution in [3.05, 3.63) is 33.6 Å². The van der Waals surface area contributed by atoms with Gasteiger partial charge in [-0.25, -0.2) is 4.98 Å². The lowest BCUT2D eigenvalue weighted by molar-refractivity contribution is 0.395. The van der Waals surface area contributed by atoms with E-state index in [1.54, 1.807) is 0 Å². The molecule has 0 fully saturated rings. The molecule has 2 aromatic heterocycles. The predicted octanol–water partition coefficient (Wildman–Crippen LogP) is 2.81. The second kappa shape index (κ2) is 4.12. The van der Waals surface area contributed by atoms with Crippen molar-refractivity contribution >= 4 is 33.2 Å². The fraction of sp³-hybridized carbons (Fsp3) is 0.300. The van der Waals surface area contributed by atoms with Gasteiger partial charge in [0.25, 0.3) is 0 Å². The van der Waals surface area contributed by atoms with Crippen LogP contribution in [0.2, 0.25) is 5.02 Å². The van der Waals surface area contributed by atoms with Crippen LogP contribution >= 0.6 is 27.5 Å². The van der Waals surface area contributed by atoms with Gasteiger partial charge in [-0.1, -0.05) is 11.6 Å². The lowest BCUT2D eigenvalue weighted by Gasteiger charge is -2.09. The van der Waals surface area contributed by atoms with Gasteiger partial charge in [0.05, 0.1) is 16.9 Å². The van der Waals surface area contributed by atoms with Crippen molar-refractivity contribution in [2.45, 2.75) is 6.54 Å². The fourth-order valence-corrected chi connectivity index (χ4v) is 2.33. The summed E-state index contributed by atoms with van der Waals surface area (Å²) in [6.07, 6.45) is 3.83. The summed E-state index contributed by atoms with van der Waals surface area (Å²) in [6, 6.07) is 1.85. The van der Waals surface area contributed by atoms with E-state index in [1.165, 1.54) is 0 Å². The Morgan fingerprint density at radius 3 is 2.93 bits per heavy atom. The molecule has 5 heteroatoms. The zero-order chi connectivity index (χ0) is 11.0. The smallest absolute Gasteiger partial charge is 0.155 e. The number of fused-ring (bicyclic) bond motifs is 1. The van der Waals surface area contributed by atoms with Crippen LogP contribution < -0.4 is 0 Å². The quantitative estimate of drug-likeness (QED) is 0.847. The number of imidazole rings is 1. The molecule has 3 nitrogen and oxygen atoms in total. The van der Waals surface area contributed by atoms with E-state index in [0.717, 1.165) is 22.4 Å². The predicted molar refractivity (Wildman–Crippen MR) is 65.3 cm³/mol. The van der Waals surface area contributed by atoms with Crippen LogP contribution in [0, 0.1) is 0 Å². The molecule has 0 aliphatic heterocycles. The number of nitrogens with zero attached hydrogens (tertiary/aromatic N) is 3. The van der Waals surface area contributed by atoms with E-state index in [2.05, 4.69) is 25.8 Å². The number of hydrogen-bond donors (Lipinski definition) is 0. The van der Waals surface area contributed by atoms with Crippen molar-refractivity contribution in [3.8, 4) is 0 Å². The molecule has 0 N–H and O–H groups in total. The molecule has 0 radical (unpaired) electrons. The Morgan fingerprint density at radius 1 is 1.53 bits per heavy atom. The number of pyridine rings is 1. The molecule has 0 saturated carbocycles. The fourth-order valence-electron chi connectivity index (χ4n) is 1.50. The van der Waals surface area contributed by atoms with Gasteiger partial charge in [-0.05, 0) is 36.1 Å². The standard InChI is InChI=1S/C10H11BrClN3/c1-14(2)6-8-4-13-10-9(12)3-7(11)5-15(8)10/h3-5H,6H2,1-2H3. The van der Waals surface area contributed by atoms with E-state index in [0.29, 0.717) is 5.02 Å². The summed E-state index contributed by atoms with van der Waals surface area (Å²) in [5.74, 6) is 0. The largest absolute Gasteiger partial charge is 0.304 e. The van der Waals surface area contributed by atoms with Crippen molar-refractivity contribution in [1.29, 1.82) is 0 Å². The Labute approximate surface area is 102 Å². The average molecular weight is 289 g/mol. The summed E-state index contributed by atoms with van der Waals surface area (Å²) in [4.78, 5) is 6.39. The Bertz CT molecular complexity index is 493. The van der Waals surface area contributed by atoms with E-state index >= 15 is 0 Å². The maximum absolute atomic E-state index is 6.09. The molecule has 0 unspecified atom stereocenters. The monoisotopic (exact) mass is 287 g/mol. The molecule has 2 rings (SSSR count). The first kappa shape index (κ1) is 10.9. The zero-order valence-corrected chi connectivity index (χ0v) is 10.9. The van der Waals surface area contributed by atoms with Crippen LogP contribution in [0.25, 0.3) is 5.65 Å². The third kappa shape index (κ3) is 2.17. The molecule has 80 valence electrons. The van der Waals surface area contributed by atoms with Gasteiger partial charge in [-0.2, -0.15) is 0 Å². The van der Waals surface area contributed by atoms with Gasteiger partial charge in [0.2, 0.25) is 0 Å². The highest BCUT2D eigenvalue weighted by molar-refractivity contribution is 9.10. The zero-order valence-electron chi connectivity index (χ0n) is 8.54. The first-order chi connectivity index (χ1) is 7.08. The Hall–Kier alpha value is -0.580. The molecule has 2 aromatic rings. The highest BCUT2D eigenvalue weighted by Gasteiger charge is 2.08. The third-order valence-electron chi connectivity index (χ3n) is 2.08. The topological polar surface area (TPSA) is 20.5 Å². The van der Waals surface area contributed by atoms with Crippen molar-refractivity contribution in [2.24, 2.45) is 0 Å². The van der Waals surface area contributed by atoms with Crippen molar-refractivity contribution < 1.29 is 0 Å².